The zero-order valence-corrected chi connectivity index (χ0v) is 20.6. The van der Waals surface area contributed by atoms with Crippen LogP contribution in [-0.2, 0) is 14.3 Å². The Labute approximate surface area is 210 Å². The molecule has 1 aliphatic heterocycles. The monoisotopic (exact) mass is 512 g/mol. The average Bonchev–Trinajstić information content (AvgIpc) is 3.36. The van der Waals surface area contributed by atoms with E-state index in [9.17, 15) is 19.5 Å². The summed E-state index contributed by atoms with van der Waals surface area (Å²) in [6.45, 7) is 3.86. The number of hydrogen-bond donors (Lipinski definition) is 1. The molecule has 35 heavy (non-hydrogen) atoms. The maximum Gasteiger partial charge on any atom is 0.350 e. The Morgan fingerprint density at radius 1 is 1.20 bits per heavy atom. The largest absolute Gasteiger partial charge is 0.507 e. The zero-order chi connectivity index (χ0) is 25.3. The summed E-state index contributed by atoms with van der Waals surface area (Å²) in [5.74, 6) is -2.20. The summed E-state index contributed by atoms with van der Waals surface area (Å²) in [5, 5.41) is 11.8. The SMILES string of the molecule is CCOc1cccc(C(O)=C2C(=O)C(=O)N(c3nc(C)c(C(=O)OC)s3)C2c2ccc(Cl)cc2)c1. The van der Waals surface area contributed by atoms with Crippen molar-refractivity contribution in [1.29, 1.82) is 0 Å². The molecule has 10 heteroatoms. The third-order valence-electron chi connectivity index (χ3n) is 5.41. The van der Waals surface area contributed by atoms with Crippen LogP contribution in [0.25, 0.3) is 5.76 Å². The highest BCUT2D eigenvalue weighted by Crippen LogP contribution is 2.44. The van der Waals surface area contributed by atoms with Crippen molar-refractivity contribution in [3.8, 4) is 5.75 Å². The number of anilines is 1. The Morgan fingerprint density at radius 3 is 2.57 bits per heavy atom. The van der Waals surface area contributed by atoms with Gasteiger partial charge < -0.3 is 14.6 Å². The molecule has 3 aromatic rings. The standard InChI is InChI=1S/C25H21ClN2O6S/c1-4-34-17-7-5-6-15(12-17)20(29)18-19(14-8-10-16(26)11-9-14)28(23(31)21(18)30)25-27-13(2)22(35-25)24(32)33-3/h5-12,19,29H,4H2,1-3H3. The van der Waals surface area contributed by atoms with Crippen LogP contribution in [-0.4, -0.2) is 41.5 Å². The number of aliphatic hydroxyl groups is 1. The quantitative estimate of drug-likeness (QED) is 0.216. The van der Waals surface area contributed by atoms with Crippen LogP contribution in [0.15, 0.2) is 54.1 Å². The number of aromatic nitrogens is 1. The predicted octanol–water partition coefficient (Wildman–Crippen LogP) is 4.92. The van der Waals surface area contributed by atoms with E-state index in [0.29, 0.717) is 34.2 Å². The van der Waals surface area contributed by atoms with Crippen molar-refractivity contribution in [2.45, 2.75) is 19.9 Å². The van der Waals surface area contributed by atoms with E-state index in [1.807, 2.05) is 6.92 Å². The number of esters is 1. The highest BCUT2D eigenvalue weighted by molar-refractivity contribution is 7.17. The number of nitrogens with zero attached hydrogens (tertiary/aromatic N) is 2. The summed E-state index contributed by atoms with van der Waals surface area (Å²) < 4.78 is 10.3. The molecular formula is C25H21ClN2O6S. The van der Waals surface area contributed by atoms with E-state index < -0.39 is 23.7 Å². The molecule has 1 amide bonds. The van der Waals surface area contributed by atoms with Gasteiger partial charge in [0.15, 0.2) is 5.13 Å². The fourth-order valence-corrected chi connectivity index (χ4v) is 4.95. The second-order valence-corrected chi connectivity index (χ2v) is 9.00. The van der Waals surface area contributed by atoms with Gasteiger partial charge in [-0.1, -0.05) is 47.2 Å². The lowest BCUT2D eigenvalue weighted by Crippen LogP contribution is -2.29. The first-order valence-corrected chi connectivity index (χ1v) is 11.8. The molecule has 0 saturated carbocycles. The molecule has 180 valence electrons. The van der Waals surface area contributed by atoms with E-state index in [2.05, 4.69) is 4.98 Å². The van der Waals surface area contributed by atoms with Gasteiger partial charge in [-0.15, -0.1) is 0 Å². The summed E-state index contributed by atoms with van der Waals surface area (Å²) in [6.07, 6.45) is 0. The highest BCUT2D eigenvalue weighted by Gasteiger charge is 2.48. The molecule has 2 aromatic carbocycles. The number of carbonyl (C=O) groups is 3. The maximum absolute atomic E-state index is 13.3. The van der Waals surface area contributed by atoms with Crippen molar-refractivity contribution < 1.29 is 29.0 Å². The third kappa shape index (κ3) is 4.52. The summed E-state index contributed by atoms with van der Waals surface area (Å²) in [4.78, 5) is 44.4. The number of benzene rings is 2. The number of hydrogen-bond acceptors (Lipinski definition) is 8. The van der Waals surface area contributed by atoms with Gasteiger partial charge in [0.25, 0.3) is 5.78 Å². The number of ketones is 1. The fourth-order valence-electron chi connectivity index (χ4n) is 3.81. The highest BCUT2D eigenvalue weighted by atomic mass is 35.5. The molecule has 8 nitrogen and oxygen atoms in total. The van der Waals surface area contributed by atoms with Gasteiger partial charge in [0.05, 0.1) is 31.0 Å². The number of amides is 1. The second-order valence-electron chi connectivity index (χ2n) is 7.58. The molecule has 1 aromatic heterocycles. The van der Waals surface area contributed by atoms with Gasteiger partial charge in [-0.3, -0.25) is 14.5 Å². The van der Waals surface area contributed by atoms with E-state index in [1.165, 1.54) is 12.0 Å². The van der Waals surface area contributed by atoms with Gasteiger partial charge in [-0.05, 0) is 43.7 Å². The first-order chi connectivity index (χ1) is 16.8. The Hall–Kier alpha value is -3.69. The molecule has 0 bridgehead atoms. The van der Waals surface area contributed by atoms with E-state index in [4.69, 9.17) is 21.1 Å². The van der Waals surface area contributed by atoms with Gasteiger partial charge in [-0.25, -0.2) is 9.78 Å². The molecule has 0 spiro atoms. The number of Topliss-reactive ketones (excluding diaryl/α,β-unsaturated/α-hetero) is 1. The topological polar surface area (TPSA) is 106 Å². The number of methoxy groups -OCH3 is 1. The van der Waals surface area contributed by atoms with Crippen LogP contribution in [0.3, 0.4) is 0 Å². The Bertz CT molecular complexity index is 1350. The third-order valence-corrected chi connectivity index (χ3v) is 6.80. The number of ether oxygens (including phenoxy) is 2. The van der Waals surface area contributed by atoms with Crippen LogP contribution >= 0.6 is 22.9 Å². The Balaban J connectivity index is 1.92. The summed E-state index contributed by atoms with van der Waals surface area (Å²) in [5.41, 5.74) is 1.10. The van der Waals surface area contributed by atoms with E-state index in [1.54, 1.807) is 55.5 Å². The number of aryl methyl sites for hydroxylation is 1. The van der Waals surface area contributed by atoms with E-state index in [0.717, 1.165) is 11.3 Å². The molecule has 0 aliphatic carbocycles. The van der Waals surface area contributed by atoms with Crippen LogP contribution in [0, 0.1) is 6.92 Å². The maximum atomic E-state index is 13.3. The second kappa shape index (κ2) is 9.89. The van der Waals surface area contributed by atoms with Crippen molar-refractivity contribution in [3.05, 3.63) is 80.8 Å². The van der Waals surface area contributed by atoms with Crippen LogP contribution in [0.5, 0.6) is 5.75 Å². The van der Waals surface area contributed by atoms with Gasteiger partial charge in [0.1, 0.15) is 16.4 Å². The van der Waals surface area contributed by atoms with Crippen molar-refractivity contribution >= 4 is 51.5 Å². The van der Waals surface area contributed by atoms with Crippen molar-refractivity contribution in [2.75, 3.05) is 18.6 Å². The minimum absolute atomic E-state index is 0.113. The van der Waals surface area contributed by atoms with Crippen LogP contribution < -0.4 is 9.64 Å². The molecule has 1 saturated heterocycles. The molecule has 1 fully saturated rings. The molecule has 4 rings (SSSR count). The number of aliphatic hydroxyl groups excluding tert-OH is 1. The number of halogens is 1. The first kappa shape index (κ1) is 24.4. The zero-order valence-electron chi connectivity index (χ0n) is 19.1. The molecule has 1 N–H and O–H groups in total. The van der Waals surface area contributed by atoms with Crippen molar-refractivity contribution in [3.63, 3.8) is 0 Å². The van der Waals surface area contributed by atoms with E-state index >= 15 is 0 Å². The normalized spacial score (nSPS) is 17.0. The smallest absolute Gasteiger partial charge is 0.350 e. The fraction of sp³-hybridized carbons (Fsp3) is 0.200. The summed E-state index contributed by atoms with van der Waals surface area (Å²) >= 11 is 6.99. The molecule has 0 radical (unpaired) electrons. The molecular weight excluding hydrogens is 492 g/mol. The average molecular weight is 513 g/mol. The molecule has 1 unspecified atom stereocenters. The first-order valence-electron chi connectivity index (χ1n) is 10.6. The Morgan fingerprint density at radius 2 is 1.91 bits per heavy atom. The Kier molecular flexibility index (Phi) is 6.90. The lowest BCUT2D eigenvalue weighted by atomic mass is 9.95. The van der Waals surface area contributed by atoms with Crippen LogP contribution in [0.2, 0.25) is 5.02 Å². The van der Waals surface area contributed by atoms with Crippen molar-refractivity contribution in [2.24, 2.45) is 0 Å². The molecule has 1 aliphatic rings. The van der Waals surface area contributed by atoms with Gasteiger partial charge in [0.2, 0.25) is 0 Å². The minimum Gasteiger partial charge on any atom is -0.507 e. The van der Waals surface area contributed by atoms with Gasteiger partial charge >= 0.3 is 11.9 Å². The molecule has 2 heterocycles. The van der Waals surface area contributed by atoms with Crippen LogP contribution in [0.1, 0.15) is 39.5 Å². The summed E-state index contributed by atoms with van der Waals surface area (Å²) in [7, 11) is 1.25. The van der Waals surface area contributed by atoms with Gasteiger partial charge in [0, 0.05) is 10.6 Å². The number of thiazole rings is 1. The number of rotatable bonds is 6. The lowest BCUT2D eigenvalue weighted by Gasteiger charge is -2.23. The van der Waals surface area contributed by atoms with Gasteiger partial charge in [-0.2, -0.15) is 0 Å². The van der Waals surface area contributed by atoms with Crippen molar-refractivity contribution in [1.82, 2.24) is 4.98 Å². The molecule has 1 atom stereocenters. The predicted molar refractivity (Wildman–Crippen MR) is 132 cm³/mol. The van der Waals surface area contributed by atoms with Crippen LogP contribution in [0.4, 0.5) is 5.13 Å². The number of carbonyl (C=O) groups excluding carboxylic acids is 3. The lowest BCUT2D eigenvalue weighted by molar-refractivity contribution is -0.132. The summed E-state index contributed by atoms with van der Waals surface area (Å²) in [6, 6.07) is 12.2. The minimum atomic E-state index is -1.00. The van der Waals surface area contributed by atoms with E-state index in [-0.39, 0.29) is 21.3 Å².